The van der Waals surface area contributed by atoms with E-state index < -0.39 is 0 Å². The second kappa shape index (κ2) is 8.72. The summed E-state index contributed by atoms with van der Waals surface area (Å²) < 4.78 is 9.93. The number of hydrogen-bond acceptors (Lipinski definition) is 5. The quantitative estimate of drug-likeness (QED) is 0.277. The highest BCUT2D eigenvalue weighted by atomic mass is 16.5. The number of aryl methyl sites for hydroxylation is 1. The zero-order chi connectivity index (χ0) is 24.0. The molecule has 34 heavy (non-hydrogen) atoms. The minimum absolute atomic E-state index is 0.143. The van der Waals surface area contributed by atoms with Gasteiger partial charge in [-0.25, -0.2) is 14.8 Å². The second-order valence-corrected chi connectivity index (χ2v) is 9.39. The van der Waals surface area contributed by atoms with Crippen molar-refractivity contribution in [3.8, 4) is 11.5 Å². The fourth-order valence-corrected chi connectivity index (χ4v) is 4.42. The summed E-state index contributed by atoms with van der Waals surface area (Å²) >= 11 is 0. The molecule has 1 aliphatic carbocycles. The first-order chi connectivity index (χ1) is 16.4. The summed E-state index contributed by atoms with van der Waals surface area (Å²) in [5.41, 5.74) is 11.2. The highest BCUT2D eigenvalue weighted by Gasteiger charge is 2.30. The van der Waals surface area contributed by atoms with Crippen molar-refractivity contribution >= 4 is 28.0 Å². The molecule has 4 aromatic rings. The maximum absolute atomic E-state index is 12.5. The molecule has 1 unspecified atom stereocenters. The number of fused-ring (bicyclic) bond motifs is 2. The van der Waals surface area contributed by atoms with Gasteiger partial charge in [-0.2, -0.15) is 0 Å². The maximum atomic E-state index is 12.5. The Hall–Kier alpha value is -3.45. The molecule has 1 aromatic carbocycles. The van der Waals surface area contributed by atoms with Crippen molar-refractivity contribution in [2.24, 2.45) is 5.73 Å². The average molecular weight is 458 g/mol. The molecule has 7 nitrogen and oxygen atoms in total. The molecule has 3 aromatic heterocycles. The van der Waals surface area contributed by atoms with Crippen LogP contribution in [0.1, 0.15) is 68.2 Å². The number of aromatic nitrogens is 4. The third-order valence-electron chi connectivity index (χ3n) is 6.20. The van der Waals surface area contributed by atoms with Gasteiger partial charge in [-0.05, 0) is 76.4 Å². The van der Waals surface area contributed by atoms with Gasteiger partial charge in [0.15, 0.2) is 5.82 Å². The van der Waals surface area contributed by atoms with Crippen LogP contribution >= 0.6 is 0 Å². The van der Waals surface area contributed by atoms with Crippen LogP contribution in [0, 0.1) is 0 Å². The fraction of sp³-hybridized carbons (Fsp3) is 0.370. The summed E-state index contributed by atoms with van der Waals surface area (Å²) in [6.07, 6.45) is 4.81. The number of imidazole rings is 1. The molecule has 1 atom stereocenters. The Morgan fingerprint density at radius 1 is 1.21 bits per heavy atom. The molecule has 0 radical (unpaired) electrons. The summed E-state index contributed by atoms with van der Waals surface area (Å²) in [7, 11) is 0. The van der Waals surface area contributed by atoms with Crippen molar-refractivity contribution in [1.82, 2.24) is 19.1 Å². The van der Waals surface area contributed by atoms with Gasteiger partial charge in [0.05, 0.1) is 34.1 Å². The van der Waals surface area contributed by atoms with Crippen LogP contribution in [0.25, 0.3) is 33.6 Å². The summed E-state index contributed by atoms with van der Waals surface area (Å²) in [5, 5.41) is 1.05. The summed E-state index contributed by atoms with van der Waals surface area (Å²) in [4.78, 5) is 22.4. The molecule has 7 heteroatoms. The Morgan fingerprint density at radius 2 is 2.00 bits per heavy atom. The van der Waals surface area contributed by atoms with E-state index in [0.29, 0.717) is 11.6 Å². The molecule has 0 bridgehead atoms. The minimum atomic E-state index is -0.327. The summed E-state index contributed by atoms with van der Waals surface area (Å²) in [6, 6.07) is 12.2. The first-order valence-electron chi connectivity index (χ1n) is 12.0. The normalized spacial score (nSPS) is 14.7. The molecule has 0 aliphatic heterocycles. The van der Waals surface area contributed by atoms with Crippen LogP contribution in [0.15, 0.2) is 49.1 Å². The van der Waals surface area contributed by atoms with Gasteiger partial charge >= 0.3 is 5.97 Å². The lowest BCUT2D eigenvalue weighted by Crippen LogP contribution is -2.11. The lowest BCUT2D eigenvalue weighted by Gasteiger charge is -2.12. The van der Waals surface area contributed by atoms with Gasteiger partial charge in [-0.3, -0.25) is 0 Å². The molecule has 2 N–H and O–H groups in total. The number of allylic oxidation sites excluding steroid dienone is 1. The van der Waals surface area contributed by atoms with Crippen LogP contribution in [-0.2, 0) is 11.3 Å². The third-order valence-corrected chi connectivity index (χ3v) is 6.20. The molecule has 1 fully saturated rings. The predicted octanol–water partition coefficient (Wildman–Crippen LogP) is 5.55. The van der Waals surface area contributed by atoms with E-state index in [2.05, 4.69) is 27.8 Å². The number of carbonyl (C=O) groups excluding carboxylic acids is 1. The Labute approximate surface area is 199 Å². The highest BCUT2D eigenvalue weighted by Crippen LogP contribution is 2.42. The smallest absolute Gasteiger partial charge is 0.338 e. The van der Waals surface area contributed by atoms with Crippen LogP contribution in [0.3, 0.4) is 0 Å². The Morgan fingerprint density at radius 3 is 2.68 bits per heavy atom. The van der Waals surface area contributed by atoms with Gasteiger partial charge in [0.1, 0.15) is 5.65 Å². The van der Waals surface area contributed by atoms with E-state index in [1.54, 1.807) is 0 Å². The number of nitrogens with zero attached hydrogens (tertiary/aromatic N) is 4. The van der Waals surface area contributed by atoms with Gasteiger partial charge < -0.3 is 19.6 Å². The SMILES string of the molecule is C=CCCn1c(-c2nc3cc(C(=O)OC(C)C)ccc3n2C2CC2)cc2ccc(C(C)N)nc21. The van der Waals surface area contributed by atoms with Crippen molar-refractivity contribution in [1.29, 1.82) is 0 Å². The Kier molecular flexibility index (Phi) is 5.73. The number of rotatable bonds is 8. The van der Waals surface area contributed by atoms with E-state index in [0.717, 1.165) is 65.1 Å². The van der Waals surface area contributed by atoms with Gasteiger partial charge in [0, 0.05) is 24.0 Å². The van der Waals surface area contributed by atoms with E-state index in [9.17, 15) is 4.79 Å². The zero-order valence-electron chi connectivity index (χ0n) is 20.0. The van der Waals surface area contributed by atoms with Gasteiger partial charge in [0.2, 0.25) is 0 Å². The lowest BCUT2D eigenvalue weighted by atomic mass is 10.2. The lowest BCUT2D eigenvalue weighted by molar-refractivity contribution is 0.0378. The molecular weight excluding hydrogens is 426 g/mol. The summed E-state index contributed by atoms with van der Waals surface area (Å²) in [6.45, 7) is 10.3. The van der Waals surface area contributed by atoms with Crippen LogP contribution < -0.4 is 5.73 Å². The van der Waals surface area contributed by atoms with Crippen molar-refractivity contribution < 1.29 is 9.53 Å². The molecule has 0 amide bonds. The zero-order valence-corrected chi connectivity index (χ0v) is 20.0. The third kappa shape index (κ3) is 4.01. The number of esters is 1. The van der Waals surface area contributed by atoms with Gasteiger partial charge in [-0.1, -0.05) is 6.08 Å². The highest BCUT2D eigenvalue weighted by molar-refractivity contribution is 5.95. The number of hydrogen-bond donors (Lipinski definition) is 1. The second-order valence-electron chi connectivity index (χ2n) is 9.39. The topological polar surface area (TPSA) is 88.0 Å². The van der Waals surface area contributed by atoms with E-state index in [1.165, 1.54) is 0 Å². The molecule has 176 valence electrons. The van der Waals surface area contributed by atoms with Crippen LogP contribution in [0.2, 0.25) is 0 Å². The average Bonchev–Trinajstić information content (AvgIpc) is 3.47. The van der Waals surface area contributed by atoms with Crippen molar-refractivity contribution in [3.05, 3.63) is 60.3 Å². The first-order valence-corrected chi connectivity index (χ1v) is 12.0. The standard InChI is InChI=1S/C27H31N5O2/c1-5-6-13-31-24(15-18-7-11-21(17(4)28)29-25(18)31)26-30-22-14-19(27(33)34-16(2)3)8-12-23(22)32(26)20-9-10-20/h5,7-8,11-12,14-17,20H,1,6,9-10,13,28H2,2-4H3. The number of benzene rings is 1. The minimum Gasteiger partial charge on any atom is -0.459 e. The largest absolute Gasteiger partial charge is 0.459 e. The molecule has 0 saturated heterocycles. The van der Waals surface area contributed by atoms with E-state index in [1.807, 2.05) is 51.1 Å². The fourth-order valence-electron chi connectivity index (χ4n) is 4.42. The van der Waals surface area contributed by atoms with E-state index in [-0.39, 0.29) is 18.1 Å². The van der Waals surface area contributed by atoms with Crippen LogP contribution in [0.5, 0.6) is 0 Å². The Bertz CT molecular complexity index is 1390. The molecular formula is C27H31N5O2. The van der Waals surface area contributed by atoms with E-state index in [4.69, 9.17) is 20.4 Å². The summed E-state index contributed by atoms with van der Waals surface area (Å²) in [5.74, 6) is 0.573. The number of nitrogens with two attached hydrogens (primary N) is 1. The Balaban J connectivity index is 1.69. The predicted molar refractivity (Wildman–Crippen MR) is 135 cm³/mol. The number of ether oxygens (including phenoxy) is 1. The maximum Gasteiger partial charge on any atom is 0.338 e. The van der Waals surface area contributed by atoms with Crippen LogP contribution in [0.4, 0.5) is 0 Å². The molecule has 1 saturated carbocycles. The van der Waals surface area contributed by atoms with Crippen molar-refractivity contribution in [2.75, 3.05) is 0 Å². The van der Waals surface area contributed by atoms with Crippen LogP contribution in [-0.4, -0.2) is 31.2 Å². The number of pyridine rings is 1. The monoisotopic (exact) mass is 457 g/mol. The van der Waals surface area contributed by atoms with Gasteiger partial charge in [-0.15, -0.1) is 6.58 Å². The van der Waals surface area contributed by atoms with Crippen molar-refractivity contribution in [2.45, 2.75) is 64.8 Å². The van der Waals surface area contributed by atoms with E-state index >= 15 is 0 Å². The first kappa shape index (κ1) is 22.3. The molecule has 1 aliphatic rings. The van der Waals surface area contributed by atoms with Gasteiger partial charge in [0.25, 0.3) is 0 Å². The molecule has 0 spiro atoms. The van der Waals surface area contributed by atoms with Crippen molar-refractivity contribution in [3.63, 3.8) is 0 Å². The molecule has 3 heterocycles. The molecule has 5 rings (SSSR count). The number of carbonyl (C=O) groups is 1.